The average Bonchev–Trinajstić information content (AvgIpc) is 3.15. The van der Waals surface area contributed by atoms with Crippen molar-refractivity contribution in [3.8, 4) is 5.75 Å². The lowest BCUT2D eigenvalue weighted by molar-refractivity contribution is -0.140. The number of benzene rings is 1. The lowest BCUT2D eigenvalue weighted by Crippen LogP contribution is -2.46. The molecule has 0 aliphatic carbocycles. The minimum absolute atomic E-state index is 0.0226. The van der Waals surface area contributed by atoms with Crippen LogP contribution in [0.15, 0.2) is 36.9 Å². The van der Waals surface area contributed by atoms with Crippen LogP contribution in [-0.2, 0) is 4.79 Å². The molecule has 1 aromatic carbocycles. The van der Waals surface area contributed by atoms with Gasteiger partial charge in [-0.2, -0.15) is 5.10 Å². The van der Waals surface area contributed by atoms with Crippen LogP contribution in [0.1, 0.15) is 32.2 Å². The van der Waals surface area contributed by atoms with Crippen LogP contribution in [0, 0.1) is 0 Å². The van der Waals surface area contributed by atoms with Crippen LogP contribution in [0.2, 0.25) is 5.02 Å². The van der Waals surface area contributed by atoms with Gasteiger partial charge in [0.1, 0.15) is 18.4 Å². The Morgan fingerprint density at radius 2 is 2.12 bits per heavy atom. The standard InChI is InChI=1S/C17H21ClN4O2/c1-2-15(24-16-6-4-3-5-14(16)18)17(23)21-9-7-13(8-10-21)22-12-19-11-20-22/h3-6,11-13,15H,2,7-10H2,1H3. The van der Waals surface area contributed by atoms with E-state index in [9.17, 15) is 4.79 Å². The van der Waals surface area contributed by atoms with E-state index < -0.39 is 6.10 Å². The Balaban J connectivity index is 1.60. The molecule has 6 nitrogen and oxygen atoms in total. The number of ether oxygens (including phenoxy) is 1. The van der Waals surface area contributed by atoms with Crippen LogP contribution < -0.4 is 4.74 Å². The summed E-state index contributed by atoms with van der Waals surface area (Å²) in [7, 11) is 0. The summed E-state index contributed by atoms with van der Waals surface area (Å²) in [6, 6.07) is 7.54. The third-order valence-electron chi connectivity index (χ3n) is 4.34. The number of piperidine rings is 1. The summed E-state index contributed by atoms with van der Waals surface area (Å²) in [4.78, 5) is 18.6. The number of amides is 1. The first-order valence-electron chi connectivity index (χ1n) is 8.23. The van der Waals surface area contributed by atoms with Gasteiger partial charge in [0, 0.05) is 13.1 Å². The number of carbonyl (C=O) groups is 1. The van der Waals surface area contributed by atoms with Gasteiger partial charge in [0.25, 0.3) is 5.91 Å². The molecule has 1 fully saturated rings. The predicted molar refractivity (Wildman–Crippen MR) is 91.0 cm³/mol. The Kier molecular flexibility index (Phi) is 5.35. The number of aromatic nitrogens is 3. The molecule has 7 heteroatoms. The summed E-state index contributed by atoms with van der Waals surface area (Å²) in [5.74, 6) is 0.575. The van der Waals surface area contributed by atoms with Gasteiger partial charge < -0.3 is 9.64 Å². The van der Waals surface area contributed by atoms with E-state index in [0.29, 0.717) is 36.3 Å². The van der Waals surface area contributed by atoms with Gasteiger partial charge in [-0.15, -0.1) is 0 Å². The molecule has 0 N–H and O–H groups in total. The number of carbonyl (C=O) groups excluding carboxylic acids is 1. The summed E-state index contributed by atoms with van der Waals surface area (Å²) >= 11 is 6.13. The Morgan fingerprint density at radius 1 is 1.38 bits per heavy atom. The highest BCUT2D eigenvalue weighted by atomic mass is 35.5. The lowest BCUT2D eigenvalue weighted by Gasteiger charge is -2.34. The number of likely N-dealkylation sites (tertiary alicyclic amines) is 1. The summed E-state index contributed by atoms with van der Waals surface area (Å²) in [6.07, 6.45) is 5.12. The summed E-state index contributed by atoms with van der Waals surface area (Å²) in [5.41, 5.74) is 0. The molecule has 1 amide bonds. The molecule has 3 rings (SSSR count). The monoisotopic (exact) mass is 348 g/mol. The van der Waals surface area contributed by atoms with Crippen molar-refractivity contribution >= 4 is 17.5 Å². The van der Waals surface area contributed by atoms with E-state index >= 15 is 0 Å². The molecule has 1 atom stereocenters. The SMILES string of the molecule is CCC(Oc1ccccc1Cl)C(=O)N1CCC(n2cncn2)CC1. The molecule has 0 saturated carbocycles. The number of para-hydroxylation sites is 1. The molecule has 0 bridgehead atoms. The van der Waals surface area contributed by atoms with Crippen molar-refractivity contribution in [3.63, 3.8) is 0 Å². The second kappa shape index (κ2) is 7.66. The summed E-state index contributed by atoms with van der Waals surface area (Å²) < 4.78 is 7.73. The van der Waals surface area contributed by atoms with Crippen LogP contribution >= 0.6 is 11.6 Å². The number of hydrogen-bond acceptors (Lipinski definition) is 4. The zero-order chi connectivity index (χ0) is 16.9. The Labute approximate surface area is 146 Å². The van der Waals surface area contributed by atoms with Crippen molar-refractivity contribution in [3.05, 3.63) is 41.9 Å². The second-order valence-corrected chi connectivity index (χ2v) is 6.28. The lowest BCUT2D eigenvalue weighted by atomic mass is 10.0. The molecule has 0 radical (unpaired) electrons. The van der Waals surface area contributed by atoms with E-state index in [0.717, 1.165) is 12.8 Å². The van der Waals surface area contributed by atoms with Gasteiger partial charge in [-0.05, 0) is 31.4 Å². The molecule has 0 spiro atoms. The third kappa shape index (κ3) is 3.70. The number of rotatable bonds is 5. The van der Waals surface area contributed by atoms with Crippen LogP contribution in [-0.4, -0.2) is 44.8 Å². The van der Waals surface area contributed by atoms with Gasteiger partial charge >= 0.3 is 0 Å². The highest BCUT2D eigenvalue weighted by Crippen LogP contribution is 2.26. The molecule has 24 heavy (non-hydrogen) atoms. The van der Waals surface area contributed by atoms with Crippen molar-refractivity contribution in [2.45, 2.75) is 38.3 Å². The fourth-order valence-corrected chi connectivity index (χ4v) is 3.14. The maximum atomic E-state index is 12.8. The van der Waals surface area contributed by atoms with Crippen molar-refractivity contribution in [2.75, 3.05) is 13.1 Å². The van der Waals surface area contributed by atoms with Gasteiger partial charge in [0.15, 0.2) is 6.10 Å². The van der Waals surface area contributed by atoms with Crippen molar-refractivity contribution in [2.24, 2.45) is 0 Å². The van der Waals surface area contributed by atoms with Gasteiger partial charge in [0.2, 0.25) is 0 Å². The van der Waals surface area contributed by atoms with E-state index in [1.807, 2.05) is 28.6 Å². The summed E-state index contributed by atoms with van der Waals surface area (Å²) in [6.45, 7) is 3.35. The fourth-order valence-electron chi connectivity index (χ4n) is 2.96. The average molecular weight is 349 g/mol. The topological polar surface area (TPSA) is 60.2 Å². The van der Waals surface area contributed by atoms with E-state index in [1.54, 1.807) is 24.8 Å². The van der Waals surface area contributed by atoms with E-state index in [4.69, 9.17) is 16.3 Å². The molecule has 1 aliphatic rings. The Hall–Kier alpha value is -2.08. The molecule has 1 aliphatic heterocycles. The smallest absolute Gasteiger partial charge is 0.263 e. The first kappa shape index (κ1) is 16.8. The first-order valence-corrected chi connectivity index (χ1v) is 8.61. The second-order valence-electron chi connectivity index (χ2n) is 5.88. The molecule has 2 aromatic rings. The fraction of sp³-hybridized carbons (Fsp3) is 0.471. The maximum Gasteiger partial charge on any atom is 0.263 e. The van der Waals surface area contributed by atoms with Gasteiger partial charge in [-0.1, -0.05) is 30.7 Å². The minimum Gasteiger partial charge on any atom is -0.479 e. The Bertz CT molecular complexity index is 669. The van der Waals surface area contributed by atoms with Crippen LogP contribution in [0.5, 0.6) is 5.75 Å². The van der Waals surface area contributed by atoms with Gasteiger partial charge in [-0.3, -0.25) is 4.79 Å². The summed E-state index contributed by atoms with van der Waals surface area (Å²) in [5, 5.41) is 4.71. The van der Waals surface area contributed by atoms with Crippen molar-refractivity contribution in [1.82, 2.24) is 19.7 Å². The first-order chi connectivity index (χ1) is 11.7. The molecule has 1 aromatic heterocycles. The molecular formula is C17H21ClN4O2. The highest BCUT2D eigenvalue weighted by Gasteiger charge is 2.29. The minimum atomic E-state index is -0.507. The number of hydrogen-bond donors (Lipinski definition) is 0. The van der Waals surface area contributed by atoms with Gasteiger partial charge in [-0.25, -0.2) is 9.67 Å². The largest absolute Gasteiger partial charge is 0.479 e. The van der Waals surface area contributed by atoms with E-state index in [-0.39, 0.29) is 5.91 Å². The maximum absolute atomic E-state index is 12.8. The highest BCUT2D eigenvalue weighted by molar-refractivity contribution is 6.32. The van der Waals surface area contributed by atoms with Crippen LogP contribution in [0.3, 0.4) is 0 Å². The normalized spacial score (nSPS) is 16.8. The molecule has 1 saturated heterocycles. The predicted octanol–water partition coefficient (Wildman–Crippen LogP) is 2.95. The molecule has 2 heterocycles. The third-order valence-corrected chi connectivity index (χ3v) is 4.65. The van der Waals surface area contributed by atoms with Gasteiger partial charge in [0.05, 0.1) is 11.1 Å². The van der Waals surface area contributed by atoms with E-state index in [1.165, 1.54) is 0 Å². The van der Waals surface area contributed by atoms with Crippen LogP contribution in [0.25, 0.3) is 0 Å². The van der Waals surface area contributed by atoms with Crippen molar-refractivity contribution < 1.29 is 9.53 Å². The van der Waals surface area contributed by atoms with E-state index in [2.05, 4.69) is 10.1 Å². The zero-order valence-electron chi connectivity index (χ0n) is 13.6. The molecule has 128 valence electrons. The molecule has 1 unspecified atom stereocenters. The quantitative estimate of drug-likeness (QED) is 0.833. The number of nitrogens with zero attached hydrogens (tertiary/aromatic N) is 4. The molecular weight excluding hydrogens is 328 g/mol. The Morgan fingerprint density at radius 3 is 2.75 bits per heavy atom. The van der Waals surface area contributed by atoms with Crippen molar-refractivity contribution in [1.29, 1.82) is 0 Å². The van der Waals surface area contributed by atoms with Crippen LogP contribution in [0.4, 0.5) is 0 Å². The zero-order valence-corrected chi connectivity index (χ0v) is 14.4. The number of halogens is 1.